The Morgan fingerprint density at radius 2 is 0.652 bits per heavy atom. The molecule has 2 atom stereocenters. The van der Waals surface area contributed by atoms with Gasteiger partial charge in [-0.1, -0.05) is 168 Å². The minimum Gasteiger partial charge on any atom is -0.461 e. The predicted octanol–water partition coefficient (Wildman–Crippen LogP) is 8.77. The van der Waals surface area contributed by atoms with Gasteiger partial charge >= 0.3 is 11.9 Å². The zero-order chi connectivity index (χ0) is 34.5. The van der Waals surface area contributed by atoms with Gasteiger partial charge in [-0.2, -0.15) is 16.8 Å². The number of carbonyl (C=O) groups excluding carboxylic acids is 2. The summed E-state index contributed by atoms with van der Waals surface area (Å²) in [6.45, 7) is 3.39. The van der Waals surface area contributed by atoms with E-state index >= 15 is 0 Å². The van der Waals surface area contributed by atoms with Gasteiger partial charge in [-0.25, -0.2) is 0 Å². The van der Waals surface area contributed by atoms with Crippen LogP contribution < -0.4 is 0 Å². The number of esters is 2. The number of unbranched alkanes of at least 4 members (excludes halogenated alkanes) is 22. The molecule has 2 N–H and O–H groups in total. The van der Waals surface area contributed by atoms with E-state index in [4.69, 9.17) is 9.47 Å². The molecule has 0 spiro atoms. The average molecular weight is 699 g/mol. The van der Waals surface area contributed by atoms with E-state index in [1.165, 1.54) is 89.9 Å². The van der Waals surface area contributed by atoms with E-state index in [9.17, 15) is 35.5 Å². The van der Waals surface area contributed by atoms with Gasteiger partial charge in [-0.15, -0.1) is 0 Å². The number of rotatable bonds is 33. The molecule has 274 valence electrons. The highest BCUT2D eigenvalue weighted by Gasteiger charge is 2.33. The van der Waals surface area contributed by atoms with Crippen molar-refractivity contribution >= 4 is 32.2 Å². The molecule has 0 aliphatic carbocycles. The van der Waals surface area contributed by atoms with Gasteiger partial charge in [0.1, 0.15) is 13.2 Å². The zero-order valence-corrected chi connectivity index (χ0v) is 30.6. The second-order valence-electron chi connectivity index (χ2n) is 12.7. The van der Waals surface area contributed by atoms with Gasteiger partial charge in [-0.3, -0.25) is 18.7 Å². The summed E-state index contributed by atoms with van der Waals surface area (Å²) in [5.41, 5.74) is 0. The lowest BCUT2D eigenvalue weighted by Crippen LogP contribution is -2.34. The van der Waals surface area contributed by atoms with Crippen molar-refractivity contribution in [3.05, 3.63) is 0 Å². The molecule has 10 nitrogen and oxygen atoms in total. The largest absolute Gasteiger partial charge is 0.461 e. The fourth-order valence-corrected chi connectivity index (χ4v) is 7.14. The summed E-state index contributed by atoms with van der Waals surface area (Å²) in [5, 5.41) is -3.47. The molecular weight excluding hydrogens is 632 g/mol. The molecule has 0 aromatic carbocycles. The molecule has 0 saturated carbocycles. The maximum absolute atomic E-state index is 12.4. The molecule has 0 bridgehead atoms. The van der Waals surface area contributed by atoms with Crippen molar-refractivity contribution < 1.29 is 45.0 Å². The van der Waals surface area contributed by atoms with Crippen LogP contribution in [0, 0.1) is 0 Å². The van der Waals surface area contributed by atoms with Crippen molar-refractivity contribution in [2.45, 2.75) is 191 Å². The summed E-state index contributed by atoms with van der Waals surface area (Å²) >= 11 is 0. The molecule has 0 aromatic heterocycles. The Labute approximate surface area is 281 Å². The van der Waals surface area contributed by atoms with Gasteiger partial charge in [0, 0.05) is 0 Å². The van der Waals surface area contributed by atoms with E-state index in [1.54, 1.807) is 0 Å². The lowest BCUT2D eigenvalue weighted by molar-refractivity contribution is -0.152. The van der Waals surface area contributed by atoms with E-state index in [1.807, 2.05) is 0 Å². The zero-order valence-electron chi connectivity index (χ0n) is 28.9. The standard InChI is InChI=1S/C34H66O10S2/c1-3-5-7-9-11-13-15-17-19-21-23-25-27-31(45(37,38)39)33(35)43-29-30-44-34(36)32(46(40,41)42)28-26-24-22-20-18-16-14-12-10-8-6-4-2/h31-32H,3-30H2,1-2H3,(H,37,38,39)(H,40,41,42). The van der Waals surface area contributed by atoms with E-state index in [0.29, 0.717) is 12.8 Å². The van der Waals surface area contributed by atoms with Crippen molar-refractivity contribution in [2.75, 3.05) is 13.2 Å². The smallest absolute Gasteiger partial charge is 0.326 e. The van der Waals surface area contributed by atoms with Gasteiger partial charge in [-0.05, 0) is 12.8 Å². The Morgan fingerprint density at radius 1 is 0.435 bits per heavy atom. The third-order valence-corrected chi connectivity index (χ3v) is 10.8. The van der Waals surface area contributed by atoms with E-state index in [-0.39, 0.29) is 12.8 Å². The normalized spacial score (nSPS) is 13.4. The van der Waals surface area contributed by atoms with E-state index in [2.05, 4.69) is 13.8 Å². The van der Waals surface area contributed by atoms with Crippen molar-refractivity contribution in [3.63, 3.8) is 0 Å². The maximum Gasteiger partial charge on any atom is 0.326 e. The number of ether oxygens (including phenoxy) is 2. The van der Waals surface area contributed by atoms with E-state index < -0.39 is 55.9 Å². The second-order valence-corrected chi connectivity index (χ2v) is 15.9. The molecule has 46 heavy (non-hydrogen) atoms. The summed E-state index contributed by atoms with van der Waals surface area (Å²) in [4.78, 5) is 24.7. The number of hydrogen-bond acceptors (Lipinski definition) is 8. The first kappa shape index (κ1) is 44.8. The quantitative estimate of drug-likeness (QED) is 0.0385. The molecule has 0 radical (unpaired) electrons. The van der Waals surface area contributed by atoms with Crippen LogP contribution in [0.1, 0.15) is 181 Å². The first-order valence-electron chi connectivity index (χ1n) is 18.2. The minimum absolute atomic E-state index is 0.0846. The van der Waals surface area contributed by atoms with Crippen LogP contribution in [0.4, 0.5) is 0 Å². The second kappa shape index (κ2) is 28.7. The molecule has 0 heterocycles. The molecule has 12 heteroatoms. The van der Waals surface area contributed by atoms with Crippen LogP contribution in [-0.4, -0.2) is 61.6 Å². The van der Waals surface area contributed by atoms with Crippen LogP contribution in [0.15, 0.2) is 0 Å². The summed E-state index contributed by atoms with van der Waals surface area (Å²) < 4.78 is 76.0. The lowest BCUT2D eigenvalue weighted by atomic mass is 10.0. The van der Waals surface area contributed by atoms with Crippen molar-refractivity contribution in [1.82, 2.24) is 0 Å². The minimum atomic E-state index is -4.69. The van der Waals surface area contributed by atoms with Crippen molar-refractivity contribution in [2.24, 2.45) is 0 Å². The van der Waals surface area contributed by atoms with Crippen LogP contribution in [0.3, 0.4) is 0 Å². The highest BCUT2D eigenvalue weighted by atomic mass is 32.2. The van der Waals surface area contributed by atoms with Crippen molar-refractivity contribution in [3.8, 4) is 0 Å². The predicted molar refractivity (Wildman–Crippen MR) is 184 cm³/mol. The Balaban J connectivity index is 4.24. The van der Waals surface area contributed by atoms with E-state index in [0.717, 1.165) is 51.4 Å². The Hall–Kier alpha value is -1.24. The molecule has 0 aliphatic rings. The molecule has 2 unspecified atom stereocenters. The topological polar surface area (TPSA) is 161 Å². The Morgan fingerprint density at radius 3 is 0.870 bits per heavy atom. The van der Waals surface area contributed by atoms with Crippen LogP contribution in [0.5, 0.6) is 0 Å². The highest BCUT2D eigenvalue weighted by Crippen LogP contribution is 2.18. The average Bonchev–Trinajstić information content (AvgIpc) is 2.98. The monoisotopic (exact) mass is 698 g/mol. The summed E-state index contributed by atoms with van der Waals surface area (Å²) in [7, 11) is -9.37. The highest BCUT2D eigenvalue weighted by molar-refractivity contribution is 7.87. The Bertz CT molecular complexity index is 888. The first-order chi connectivity index (χ1) is 21.9. The number of hydrogen-bond donors (Lipinski definition) is 2. The molecule has 0 aliphatic heterocycles. The van der Waals surface area contributed by atoms with Crippen LogP contribution >= 0.6 is 0 Å². The van der Waals surface area contributed by atoms with Crippen LogP contribution in [0.25, 0.3) is 0 Å². The SMILES string of the molecule is CCCCCCCCCCCCCCC(C(=O)OCCOC(=O)C(CCCCCCCCCCCCCC)S(=O)(=O)O)S(=O)(=O)O. The molecular formula is C34H66O10S2. The lowest BCUT2D eigenvalue weighted by Gasteiger charge is -2.15. The Kier molecular flexibility index (Phi) is 28.0. The van der Waals surface area contributed by atoms with Gasteiger partial charge in [0.05, 0.1) is 0 Å². The van der Waals surface area contributed by atoms with Crippen LogP contribution in [0.2, 0.25) is 0 Å². The van der Waals surface area contributed by atoms with Gasteiger partial charge in [0.25, 0.3) is 20.2 Å². The van der Waals surface area contributed by atoms with Crippen molar-refractivity contribution in [1.29, 1.82) is 0 Å². The molecule has 0 saturated heterocycles. The summed E-state index contributed by atoms with van der Waals surface area (Å²) in [6, 6.07) is 0. The third kappa shape index (κ3) is 25.8. The fourth-order valence-electron chi connectivity index (χ4n) is 5.59. The first-order valence-corrected chi connectivity index (χ1v) is 21.2. The molecule has 0 rings (SSSR count). The third-order valence-electron chi connectivity index (χ3n) is 8.46. The van der Waals surface area contributed by atoms with Gasteiger partial charge in [0.15, 0.2) is 10.5 Å². The van der Waals surface area contributed by atoms with Gasteiger partial charge in [0.2, 0.25) is 0 Å². The molecule has 0 fully saturated rings. The molecule has 0 aromatic rings. The fraction of sp³-hybridized carbons (Fsp3) is 0.941. The summed E-state index contributed by atoms with van der Waals surface area (Å²) in [5.74, 6) is -2.30. The maximum atomic E-state index is 12.4. The van der Waals surface area contributed by atoms with Gasteiger partial charge < -0.3 is 9.47 Å². The van der Waals surface area contributed by atoms with Crippen LogP contribution in [-0.2, 0) is 39.3 Å². The summed E-state index contributed by atoms with van der Waals surface area (Å²) in [6.07, 6.45) is 25.9. The molecule has 0 amide bonds. The number of carbonyl (C=O) groups is 2.